The number of aromatic nitrogens is 1. The summed E-state index contributed by atoms with van der Waals surface area (Å²) in [5.74, 6) is 1.70. The van der Waals surface area contributed by atoms with E-state index in [-0.39, 0.29) is 63.0 Å². The van der Waals surface area contributed by atoms with Gasteiger partial charge in [0.1, 0.15) is 35.4 Å². The molecule has 10 atom stereocenters. The predicted octanol–water partition coefficient (Wildman–Crippen LogP) is 12.9. The molecule has 5 aliphatic heterocycles. The van der Waals surface area contributed by atoms with Gasteiger partial charge in [0.2, 0.25) is 5.60 Å². The first-order chi connectivity index (χ1) is 49.7. The molecule has 3 aliphatic carbocycles. The number of para-hydroxylation sites is 1. The van der Waals surface area contributed by atoms with Crippen LogP contribution in [0.4, 0.5) is 5.69 Å². The number of methoxy groups -OCH3 is 5. The summed E-state index contributed by atoms with van der Waals surface area (Å²) in [5.41, 5.74) is -1.50. The van der Waals surface area contributed by atoms with Gasteiger partial charge in [-0.15, -0.1) is 0 Å². The Morgan fingerprint density at radius 1 is 0.673 bits per heavy atom. The van der Waals surface area contributed by atoms with Crippen LogP contribution < -0.4 is 15.0 Å². The molecule has 0 radical (unpaired) electrons. The molecule has 5 fully saturated rings. The number of carbonyl (C=O) groups excluding carboxylic acids is 7. The number of aliphatic hydroxyl groups is 2. The Balaban J connectivity index is 0.000000286. The number of H-pyrrole nitrogens is 1. The van der Waals surface area contributed by atoms with Gasteiger partial charge in [0.15, 0.2) is 17.3 Å². The van der Waals surface area contributed by atoms with Crippen molar-refractivity contribution in [1.82, 2.24) is 25.0 Å². The molecule has 2 bridgehead atoms. The van der Waals surface area contributed by atoms with Crippen LogP contribution in [0.2, 0.25) is 0 Å². The number of aromatic amines is 1. The van der Waals surface area contributed by atoms with Crippen LogP contribution in [0.3, 0.4) is 0 Å². The van der Waals surface area contributed by atoms with Crippen molar-refractivity contribution < 1.29 is 67.5 Å². The van der Waals surface area contributed by atoms with Crippen molar-refractivity contribution in [3.05, 3.63) is 70.9 Å². The molecule has 3 saturated carbocycles. The van der Waals surface area contributed by atoms with E-state index in [1.165, 1.54) is 47.0 Å². The van der Waals surface area contributed by atoms with Gasteiger partial charge >= 0.3 is 11.9 Å². The molecule has 20 nitrogen and oxygen atoms in total. The molecular weight excluding hydrogens is 1350 g/mol. The number of rotatable bonds is 15. The second-order valence-electron chi connectivity index (χ2n) is 37.2. The van der Waals surface area contributed by atoms with Gasteiger partial charge in [-0.05, 0) is 121 Å². The lowest BCUT2D eigenvalue weighted by Crippen LogP contribution is -2.81. The Hall–Kier alpha value is -5.71. The van der Waals surface area contributed by atoms with E-state index in [1.54, 1.807) is 21.3 Å². The first-order valence-corrected chi connectivity index (χ1v) is 39.5. The van der Waals surface area contributed by atoms with Gasteiger partial charge < -0.3 is 54.0 Å². The lowest BCUT2D eigenvalue weighted by atomic mass is 9.47. The van der Waals surface area contributed by atoms with Crippen molar-refractivity contribution in [2.45, 2.75) is 248 Å². The molecule has 2 aromatic carbocycles. The number of ether oxygens (including phenoxy) is 5. The molecule has 4 unspecified atom stereocenters. The SMILES string of the molecule is CC(C)(C)C(=O)C1CCCC1.CC(C)(C)C(=O)C1CCCC1.CC[C@]1(O)C[C@@H]2CN(CCc3c([nH]c4ccccc34)[C@@](C(=O)OC)(c3cc4c(cc3OC)N(C)C3C45CCN4CC=C[C@](CC)(C45)[C@@H](OC)[C@]3(O)C(=O)OC)C2)C1.CN(C)CC(=O)C(C)(C)C.CNCC(=O)C(C)(C)C.COCC(=O)C(C)(C)C. The minimum absolute atomic E-state index is 0.0635. The number of Topliss-reactive ketones (excluding diaryl/α,β-unsaturated/α-hetero) is 5. The molecule has 11 rings (SSSR count). The minimum Gasteiger partial charge on any atom is -0.496 e. The predicted molar refractivity (Wildman–Crippen MR) is 426 cm³/mol. The zero-order valence-corrected chi connectivity index (χ0v) is 70.7. The molecule has 107 heavy (non-hydrogen) atoms. The highest BCUT2D eigenvalue weighted by Crippen LogP contribution is 2.68. The molecule has 602 valence electrons. The Morgan fingerprint density at radius 3 is 1.66 bits per heavy atom. The smallest absolute Gasteiger partial charge is 0.342 e. The largest absolute Gasteiger partial charge is 0.496 e. The molecule has 4 N–H and O–H groups in total. The normalized spacial score (nSPS) is 27.6. The van der Waals surface area contributed by atoms with Crippen LogP contribution in [-0.4, -0.2) is 216 Å². The summed E-state index contributed by atoms with van der Waals surface area (Å²) in [4.78, 5) is 98.6. The topological polar surface area (TPSA) is 247 Å². The van der Waals surface area contributed by atoms with Gasteiger partial charge in [0.05, 0.1) is 46.1 Å². The summed E-state index contributed by atoms with van der Waals surface area (Å²) in [7, 11) is 15.1. The average molecular weight is 1490 g/mol. The van der Waals surface area contributed by atoms with E-state index in [1.807, 2.05) is 160 Å². The van der Waals surface area contributed by atoms with Crippen molar-refractivity contribution in [2.24, 2.45) is 50.2 Å². The third-order valence-corrected chi connectivity index (χ3v) is 24.1. The van der Waals surface area contributed by atoms with Crippen LogP contribution in [0.15, 0.2) is 48.6 Å². The fourth-order valence-electron chi connectivity index (χ4n) is 18.4. The van der Waals surface area contributed by atoms with Gasteiger partial charge in [-0.25, -0.2) is 4.79 Å². The summed E-state index contributed by atoms with van der Waals surface area (Å²) in [6.45, 7) is 38.3. The Labute approximate surface area is 642 Å². The van der Waals surface area contributed by atoms with Crippen LogP contribution in [0.5, 0.6) is 5.75 Å². The van der Waals surface area contributed by atoms with E-state index in [9.17, 15) is 39.0 Å². The number of hydrogen-bond donors (Lipinski definition) is 4. The third kappa shape index (κ3) is 19.3. The monoisotopic (exact) mass is 1490 g/mol. The van der Waals surface area contributed by atoms with Crippen molar-refractivity contribution in [1.29, 1.82) is 0 Å². The van der Waals surface area contributed by atoms with Crippen molar-refractivity contribution in [2.75, 3.05) is 121 Å². The minimum atomic E-state index is -2.06. The number of ketones is 5. The van der Waals surface area contributed by atoms with Crippen LogP contribution in [0.1, 0.15) is 224 Å². The Morgan fingerprint density at radius 2 is 1.22 bits per heavy atom. The molecule has 1 spiro atoms. The molecule has 2 saturated heterocycles. The number of nitrogens with one attached hydrogen (secondary N) is 2. The van der Waals surface area contributed by atoms with Gasteiger partial charge in [-0.2, -0.15) is 0 Å². The average Bonchev–Trinajstić information content (AvgIpc) is 1.51. The number of hydrogen-bond acceptors (Lipinski definition) is 19. The number of esters is 2. The number of anilines is 1. The molecule has 8 aliphatic rings. The van der Waals surface area contributed by atoms with E-state index >= 15 is 4.79 Å². The zero-order chi connectivity index (χ0) is 80.6. The van der Waals surface area contributed by atoms with Crippen molar-refractivity contribution >= 4 is 57.4 Å². The fourth-order valence-corrected chi connectivity index (χ4v) is 18.4. The number of likely N-dealkylation sites (N-methyl/N-ethyl adjacent to an activating group) is 3. The van der Waals surface area contributed by atoms with Crippen LogP contribution in [0, 0.1) is 50.2 Å². The van der Waals surface area contributed by atoms with E-state index in [0.717, 1.165) is 85.3 Å². The highest BCUT2D eigenvalue weighted by molar-refractivity contribution is 5.95. The van der Waals surface area contributed by atoms with Gasteiger partial charge in [-0.1, -0.05) is 174 Å². The Kier molecular flexibility index (Phi) is 30.1. The summed E-state index contributed by atoms with van der Waals surface area (Å²) < 4.78 is 28.8. The van der Waals surface area contributed by atoms with Gasteiger partial charge in [0, 0.05) is 137 Å². The van der Waals surface area contributed by atoms with Crippen LogP contribution in [0.25, 0.3) is 10.9 Å². The number of carbonyl (C=O) groups is 7. The van der Waals surface area contributed by atoms with E-state index in [4.69, 9.17) is 18.9 Å². The van der Waals surface area contributed by atoms with Crippen molar-refractivity contribution in [3.63, 3.8) is 0 Å². The van der Waals surface area contributed by atoms with Gasteiger partial charge in [0.25, 0.3) is 0 Å². The first kappa shape index (κ1) is 90.2. The molecule has 20 heteroatoms. The second kappa shape index (κ2) is 35.8. The third-order valence-electron chi connectivity index (χ3n) is 24.1. The van der Waals surface area contributed by atoms with Crippen LogP contribution in [-0.2, 0) is 69.8 Å². The number of benzene rings is 2. The zero-order valence-electron chi connectivity index (χ0n) is 70.7. The number of nitrogens with zero attached hydrogens (tertiary/aromatic N) is 4. The maximum Gasteiger partial charge on any atom is 0.342 e. The van der Waals surface area contributed by atoms with Crippen LogP contribution >= 0.6 is 0 Å². The van der Waals surface area contributed by atoms with E-state index < -0.39 is 51.5 Å². The first-order valence-electron chi connectivity index (χ1n) is 39.5. The Bertz CT molecular complexity index is 3520. The molecule has 1 aromatic heterocycles. The summed E-state index contributed by atoms with van der Waals surface area (Å²) in [5, 5.41) is 29.1. The molecule has 6 heterocycles. The summed E-state index contributed by atoms with van der Waals surface area (Å²) in [6, 6.07) is 11.5. The molecule has 3 aromatic rings. The highest BCUT2D eigenvalue weighted by atomic mass is 16.6. The quantitative estimate of drug-likeness (QED) is 0.0816. The lowest BCUT2D eigenvalue weighted by Gasteiger charge is -2.63. The maximum absolute atomic E-state index is 15.3. The van der Waals surface area contributed by atoms with Gasteiger partial charge in [-0.3, -0.25) is 38.6 Å². The summed E-state index contributed by atoms with van der Waals surface area (Å²) in [6.07, 6.45) is 16.4. The summed E-state index contributed by atoms with van der Waals surface area (Å²) >= 11 is 0. The standard InChI is InChI=1S/C45H58N4O8.2C10H18O.C8H17NO.C7H15NO.C7H14O2/c1-8-41(52)23-27-24-44(39(50)56-6,35-29(15-19-48(25-27)26-41)28-13-10-11-14-32(28)46-35)31-21-30-33(22-34(31)54-4)47(3)37-43(30)17-20-49-18-12-16-42(9-2,36(43)49)38(55-5)45(37,53)40(51)57-7;2*1-10(2,3)9(11)8-6-4-5-7-8;1-8(2,3)7(10)6-9(4)5;1-7(2,3)6(9)5-8-4;1-7(2,3)6(8)5-9-4/h10-14,16,21-22,27,36-38,46,52-53H,8-9,15,17-20,23-26H2,1-7H3;2*8H,4-7H2,1-3H3;6H2,1-5H3;8H,5H2,1-4H3;5H2,1-4H3/t27-,36?,37?,38+,41-,42+,43?,44-,45-;;;;;/m0...../s1. The van der Waals surface area contributed by atoms with E-state index in [2.05, 4.69) is 62.1 Å². The fraction of sp³-hybridized carbons (Fsp3) is 0.736. The second-order valence-corrected chi connectivity index (χ2v) is 37.2. The number of piperidine rings is 1. The molecular formula is C87H140N6O14. The van der Waals surface area contributed by atoms with E-state index in [0.29, 0.717) is 92.9 Å². The lowest BCUT2D eigenvalue weighted by molar-refractivity contribution is -0.225. The highest BCUT2D eigenvalue weighted by Gasteiger charge is 2.80. The maximum atomic E-state index is 15.3. The molecule has 0 amide bonds. The van der Waals surface area contributed by atoms with Crippen molar-refractivity contribution in [3.8, 4) is 5.75 Å². The number of fused-ring (bicyclic) bond motifs is 6.